The van der Waals surface area contributed by atoms with Crippen LogP contribution in [0.3, 0.4) is 0 Å². The third kappa shape index (κ3) is 3.61. The molecule has 0 saturated heterocycles. The highest BCUT2D eigenvalue weighted by atomic mass is 32.2. The minimum absolute atomic E-state index is 0.394. The number of aromatic nitrogens is 2. The van der Waals surface area contributed by atoms with Crippen LogP contribution in [0, 0.1) is 0 Å². The van der Waals surface area contributed by atoms with Crippen molar-refractivity contribution in [2.24, 2.45) is 0 Å². The fourth-order valence-electron chi connectivity index (χ4n) is 1.84. The normalized spacial score (nSPS) is 14.4. The average Bonchev–Trinajstić information content (AvgIpc) is 3.21. The van der Waals surface area contributed by atoms with Gasteiger partial charge in [0.2, 0.25) is 0 Å². The average molecular weight is 287 g/mol. The Morgan fingerprint density at radius 3 is 2.35 bits per heavy atom. The van der Waals surface area contributed by atoms with Crippen molar-refractivity contribution >= 4 is 23.4 Å². The standard InChI is InChI=1S/C14H17N5S/c15-12-7-13(16)19-14(18-12)20-11-5-1-9(2-6-11)8-17-10-3-4-10/h1-2,5-7,10,17H,3-4,8H2,(H4,15,16,18,19). The second-order valence-electron chi connectivity index (χ2n) is 4.90. The van der Waals surface area contributed by atoms with E-state index in [1.807, 2.05) is 0 Å². The fourth-order valence-corrected chi connectivity index (χ4v) is 2.62. The van der Waals surface area contributed by atoms with Crippen LogP contribution in [0.2, 0.25) is 0 Å². The van der Waals surface area contributed by atoms with E-state index in [4.69, 9.17) is 11.5 Å². The monoisotopic (exact) mass is 287 g/mol. The third-order valence-corrected chi connectivity index (χ3v) is 3.92. The van der Waals surface area contributed by atoms with Crippen molar-refractivity contribution < 1.29 is 0 Å². The molecule has 2 aromatic rings. The first-order chi connectivity index (χ1) is 9.69. The Kier molecular flexibility index (Phi) is 3.75. The molecule has 6 heteroatoms. The number of hydrogen-bond acceptors (Lipinski definition) is 6. The quantitative estimate of drug-likeness (QED) is 0.729. The molecule has 1 aromatic carbocycles. The molecule has 1 aliphatic carbocycles. The van der Waals surface area contributed by atoms with Gasteiger partial charge in [-0.2, -0.15) is 0 Å². The van der Waals surface area contributed by atoms with Crippen molar-refractivity contribution in [3.8, 4) is 0 Å². The van der Waals surface area contributed by atoms with Crippen molar-refractivity contribution in [1.82, 2.24) is 15.3 Å². The Bertz CT molecular complexity index is 575. The van der Waals surface area contributed by atoms with Crippen LogP contribution in [0.4, 0.5) is 11.6 Å². The Hall–Kier alpha value is -1.79. The molecule has 0 radical (unpaired) electrons. The number of anilines is 2. The van der Waals surface area contributed by atoms with Gasteiger partial charge in [0.05, 0.1) is 0 Å². The summed E-state index contributed by atoms with van der Waals surface area (Å²) in [6.45, 7) is 0.928. The van der Waals surface area contributed by atoms with Crippen molar-refractivity contribution in [2.75, 3.05) is 11.5 Å². The molecule has 0 unspecified atom stereocenters. The van der Waals surface area contributed by atoms with E-state index in [9.17, 15) is 0 Å². The molecule has 0 amide bonds. The lowest BCUT2D eigenvalue weighted by Crippen LogP contribution is -2.14. The summed E-state index contributed by atoms with van der Waals surface area (Å²) in [4.78, 5) is 9.39. The second kappa shape index (κ2) is 5.68. The van der Waals surface area contributed by atoms with E-state index in [2.05, 4.69) is 39.6 Å². The van der Waals surface area contributed by atoms with Gasteiger partial charge in [0, 0.05) is 23.5 Å². The van der Waals surface area contributed by atoms with Crippen LogP contribution in [0.5, 0.6) is 0 Å². The van der Waals surface area contributed by atoms with Gasteiger partial charge in [-0.15, -0.1) is 0 Å². The molecule has 5 nitrogen and oxygen atoms in total. The molecule has 1 aromatic heterocycles. The van der Waals surface area contributed by atoms with Gasteiger partial charge in [-0.05, 0) is 42.3 Å². The van der Waals surface area contributed by atoms with Gasteiger partial charge in [0.15, 0.2) is 5.16 Å². The number of hydrogen-bond donors (Lipinski definition) is 3. The highest BCUT2D eigenvalue weighted by molar-refractivity contribution is 7.99. The van der Waals surface area contributed by atoms with Gasteiger partial charge >= 0.3 is 0 Å². The summed E-state index contributed by atoms with van der Waals surface area (Å²) < 4.78 is 0. The van der Waals surface area contributed by atoms with Crippen molar-refractivity contribution in [3.63, 3.8) is 0 Å². The lowest BCUT2D eigenvalue weighted by atomic mass is 10.2. The van der Waals surface area contributed by atoms with E-state index in [1.54, 1.807) is 6.07 Å². The van der Waals surface area contributed by atoms with Gasteiger partial charge in [0.1, 0.15) is 11.6 Å². The number of nitrogen functional groups attached to an aromatic ring is 2. The minimum Gasteiger partial charge on any atom is -0.383 e. The van der Waals surface area contributed by atoms with Gasteiger partial charge < -0.3 is 16.8 Å². The van der Waals surface area contributed by atoms with Gasteiger partial charge in [-0.25, -0.2) is 9.97 Å². The maximum absolute atomic E-state index is 5.66. The Balaban J connectivity index is 1.64. The van der Waals surface area contributed by atoms with Gasteiger partial charge in [0.25, 0.3) is 0 Å². The third-order valence-electron chi connectivity index (χ3n) is 3.05. The van der Waals surface area contributed by atoms with Crippen molar-refractivity contribution in [3.05, 3.63) is 35.9 Å². The molecular formula is C14H17N5S. The zero-order chi connectivity index (χ0) is 13.9. The maximum Gasteiger partial charge on any atom is 0.196 e. The zero-order valence-electron chi connectivity index (χ0n) is 11.0. The molecule has 1 fully saturated rings. The lowest BCUT2D eigenvalue weighted by Gasteiger charge is -2.05. The molecule has 1 heterocycles. The molecule has 0 bridgehead atoms. The van der Waals surface area contributed by atoms with Crippen LogP contribution < -0.4 is 16.8 Å². The molecule has 104 valence electrons. The molecule has 5 N–H and O–H groups in total. The molecule has 0 aliphatic heterocycles. The highest BCUT2D eigenvalue weighted by Crippen LogP contribution is 2.26. The summed E-state index contributed by atoms with van der Waals surface area (Å²) in [5.41, 5.74) is 12.6. The summed E-state index contributed by atoms with van der Waals surface area (Å²) >= 11 is 1.46. The van der Waals surface area contributed by atoms with E-state index in [0.717, 1.165) is 17.5 Å². The Morgan fingerprint density at radius 2 is 1.75 bits per heavy atom. The summed E-state index contributed by atoms with van der Waals surface area (Å²) in [6, 6.07) is 10.7. The smallest absolute Gasteiger partial charge is 0.196 e. The molecule has 3 rings (SSSR count). The van der Waals surface area contributed by atoms with Crippen LogP contribution in [-0.2, 0) is 6.54 Å². The van der Waals surface area contributed by atoms with E-state index < -0.39 is 0 Å². The van der Waals surface area contributed by atoms with Crippen LogP contribution >= 0.6 is 11.8 Å². The van der Waals surface area contributed by atoms with E-state index in [0.29, 0.717) is 16.8 Å². The van der Waals surface area contributed by atoms with Crippen molar-refractivity contribution in [1.29, 1.82) is 0 Å². The van der Waals surface area contributed by atoms with Crippen LogP contribution in [-0.4, -0.2) is 16.0 Å². The highest BCUT2D eigenvalue weighted by Gasteiger charge is 2.19. The second-order valence-corrected chi connectivity index (χ2v) is 5.94. The maximum atomic E-state index is 5.66. The molecule has 0 atom stereocenters. The Morgan fingerprint density at radius 1 is 1.10 bits per heavy atom. The first kappa shape index (κ1) is 13.2. The summed E-state index contributed by atoms with van der Waals surface area (Å²) in [6.07, 6.45) is 2.62. The largest absolute Gasteiger partial charge is 0.383 e. The van der Waals surface area contributed by atoms with Gasteiger partial charge in [-0.3, -0.25) is 0 Å². The molecule has 1 saturated carbocycles. The summed E-state index contributed by atoms with van der Waals surface area (Å²) in [5.74, 6) is 0.788. The van der Waals surface area contributed by atoms with Crippen LogP contribution in [0.15, 0.2) is 40.4 Å². The number of rotatable bonds is 5. The van der Waals surface area contributed by atoms with E-state index in [1.165, 1.54) is 30.2 Å². The lowest BCUT2D eigenvalue weighted by molar-refractivity contribution is 0.687. The van der Waals surface area contributed by atoms with Crippen LogP contribution in [0.1, 0.15) is 18.4 Å². The van der Waals surface area contributed by atoms with Gasteiger partial charge in [-0.1, -0.05) is 12.1 Å². The van der Waals surface area contributed by atoms with Crippen molar-refractivity contribution in [2.45, 2.75) is 35.5 Å². The van der Waals surface area contributed by atoms with E-state index >= 15 is 0 Å². The fraction of sp³-hybridized carbons (Fsp3) is 0.286. The number of nitrogens with two attached hydrogens (primary N) is 2. The summed E-state index contributed by atoms with van der Waals surface area (Å²) in [5, 5.41) is 4.07. The Labute approximate surface area is 122 Å². The minimum atomic E-state index is 0.394. The van der Waals surface area contributed by atoms with E-state index in [-0.39, 0.29) is 0 Å². The number of nitrogens with zero attached hydrogens (tertiary/aromatic N) is 2. The zero-order valence-corrected chi connectivity index (χ0v) is 11.9. The van der Waals surface area contributed by atoms with Crippen LogP contribution in [0.25, 0.3) is 0 Å². The predicted octanol–water partition coefficient (Wildman–Crippen LogP) is 2.04. The molecule has 1 aliphatic rings. The predicted molar refractivity (Wildman–Crippen MR) is 81.3 cm³/mol. The number of nitrogens with one attached hydrogen (secondary N) is 1. The summed E-state index contributed by atoms with van der Waals surface area (Å²) in [7, 11) is 0. The topological polar surface area (TPSA) is 89.9 Å². The first-order valence-electron chi connectivity index (χ1n) is 6.59. The first-order valence-corrected chi connectivity index (χ1v) is 7.41. The molecular weight excluding hydrogens is 270 g/mol. The molecule has 0 spiro atoms. The molecule has 20 heavy (non-hydrogen) atoms. The number of benzene rings is 1. The SMILES string of the molecule is Nc1cc(N)nc(Sc2ccc(CNC3CC3)cc2)n1.